The van der Waals surface area contributed by atoms with E-state index in [0.29, 0.717) is 6.42 Å². The van der Waals surface area contributed by atoms with Gasteiger partial charge in [0.1, 0.15) is 0 Å². The van der Waals surface area contributed by atoms with E-state index in [9.17, 15) is 4.79 Å². The van der Waals surface area contributed by atoms with Crippen molar-refractivity contribution in [2.75, 3.05) is 0 Å². The van der Waals surface area contributed by atoms with Crippen LogP contribution in [0.15, 0.2) is 53.9 Å². The van der Waals surface area contributed by atoms with Gasteiger partial charge in [-0.3, -0.25) is 4.79 Å². The van der Waals surface area contributed by atoms with Gasteiger partial charge in [0.15, 0.2) is 5.78 Å². The monoisotopic (exact) mass is 228 g/mol. The van der Waals surface area contributed by atoms with Gasteiger partial charge in [0.2, 0.25) is 0 Å². The number of hydrogen-bond donors (Lipinski definition) is 0. The summed E-state index contributed by atoms with van der Waals surface area (Å²) < 4.78 is 0. The Morgan fingerprint density at radius 2 is 1.94 bits per heavy atom. The van der Waals surface area contributed by atoms with Gasteiger partial charge in [0, 0.05) is 6.42 Å². The molecular weight excluding hydrogens is 216 g/mol. The topological polar surface area (TPSA) is 17.1 Å². The van der Waals surface area contributed by atoms with Crippen LogP contribution in [-0.2, 0) is 0 Å². The lowest BCUT2D eigenvalue weighted by molar-refractivity contribution is 0.1000. The largest absolute Gasteiger partial charge is 0.293 e. The molecule has 0 spiro atoms. The van der Waals surface area contributed by atoms with E-state index in [2.05, 4.69) is 0 Å². The summed E-state index contributed by atoms with van der Waals surface area (Å²) in [5.74, 6) is 0.183. The summed E-state index contributed by atoms with van der Waals surface area (Å²) in [6.07, 6.45) is 4.36. The van der Waals surface area contributed by atoms with E-state index < -0.39 is 0 Å². The quantitative estimate of drug-likeness (QED) is 0.722. The summed E-state index contributed by atoms with van der Waals surface area (Å²) in [6, 6.07) is 13.8. The van der Waals surface area contributed by atoms with Crippen molar-refractivity contribution < 1.29 is 4.79 Å². The third kappa shape index (κ3) is 2.91. The van der Waals surface area contributed by atoms with Gasteiger partial charge in [-0.25, -0.2) is 0 Å². The lowest BCUT2D eigenvalue weighted by atomic mass is 10.1. The van der Waals surface area contributed by atoms with Crippen molar-refractivity contribution in [3.05, 3.63) is 64.4 Å². The molecule has 2 aromatic rings. The van der Waals surface area contributed by atoms with Crippen molar-refractivity contribution in [3.8, 4) is 0 Å². The molecular formula is C14H12OS. The van der Waals surface area contributed by atoms with Gasteiger partial charge in [-0.05, 0) is 17.0 Å². The zero-order valence-electron chi connectivity index (χ0n) is 8.80. The van der Waals surface area contributed by atoms with E-state index in [0.717, 1.165) is 10.4 Å². The molecule has 1 aromatic carbocycles. The Morgan fingerprint density at radius 3 is 2.62 bits per heavy atom. The molecule has 0 atom stereocenters. The van der Waals surface area contributed by atoms with Crippen molar-refractivity contribution in [3.63, 3.8) is 0 Å². The van der Waals surface area contributed by atoms with Crippen LogP contribution in [0, 0.1) is 0 Å². The summed E-state index contributed by atoms with van der Waals surface area (Å²) in [5, 5.41) is 1.92. The maximum atomic E-state index is 11.7. The van der Waals surface area contributed by atoms with Crippen LogP contribution in [0.1, 0.15) is 21.7 Å². The fourth-order valence-corrected chi connectivity index (χ4v) is 2.08. The third-order valence-electron chi connectivity index (χ3n) is 2.21. The fraction of sp³-hybridized carbons (Fsp3) is 0.0714. The van der Waals surface area contributed by atoms with E-state index in [1.807, 2.05) is 60.0 Å². The second-order valence-corrected chi connectivity index (χ2v) is 4.37. The van der Waals surface area contributed by atoms with Gasteiger partial charge in [-0.1, -0.05) is 48.6 Å². The first kappa shape index (κ1) is 10.8. The highest BCUT2D eigenvalue weighted by Gasteiger charge is 2.03. The Bertz CT molecular complexity index is 469. The number of ketones is 1. The highest BCUT2D eigenvalue weighted by atomic mass is 32.1. The summed E-state index contributed by atoms with van der Waals surface area (Å²) in [6.45, 7) is 0. The minimum absolute atomic E-state index is 0.183. The van der Waals surface area contributed by atoms with Crippen LogP contribution in [0.5, 0.6) is 0 Å². The molecule has 80 valence electrons. The number of rotatable bonds is 4. The van der Waals surface area contributed by atoms with E-state index >= 15 is 0 Å². The molecule has 0 saturated carbocycles. The molecule has 0 saturated heterocycles. The zero-order valence-corrected chi connectivity index (χ0v) is 9.61. The van der Waals surface area contributed by atoms with Gasteiger partial charge >= 0.3 is 0 Å². The van der Waals surface area contributed by atoms with E-state index in [1.165, 1.54) is 11.3 Å². The van der Waals surface area contributed by atoms with Crippen LogP contribution in [0.3, 0.4) is 0 Å². The van der Waals surface area contributed by atoms with Crippen LogP contribution in [0.25, 0.3) is 6.08 Å². The number of thiophene rings is 1. The molecule has 0 aliphatic rings. The Kier molecular flexibility index (Phi) is 3.67. The third-order valence-corrected chi connectivity index (χ3v) is 3.12. The first-order chi connectivity index (χ1) is 7.86. The SMILES string of the molecule is O=C(CC=Cc1ccccc1)c1cccs1. The van der Waals surface area contributed by atoms with Crippen LogP contribution in [0.2, 0.25) is 0 Å². The summed E-state index contributed by atoms with van der Waals surface area (Å²) in [4.78, 5) is 12.5. The van der Waals surface area contributed by atoms with E-state index in [1.54, 1.807) is 0 Å². The molecule has 0 radical (unpaired) electrons. The number of allylic oxidation sites excluding steroid dienone is 1. The highest BCUT2D eigenvalue weighted by Crippen LogP contribution is 2.12. The lowest BCUT2D eigenvalue weighted by Gasteiger charge is -1.92. The standard InChI is InChI=1S/C14H12OS/c15-13(14-10-5-11-16-14)9-4-8-12-6-2-1-3-7-12/h1-8,10-11H,9H2. The molecule has 16 heavy (non-hydrogen) atoms. The molecule has 0 unspecified atom stereocenters. The maximum Gasteiger partial charge on any atom is 0.176 e. The van der Waals surface area contributed by atoms with Gasteiger partial charge in [-0.2, -0.15) is 0 Å². The molecule has 0 aliphatic carbocycles. The van der Waals surface area contributed by atoms with Crippen molar-refractivity contribution in [2.24, 2.45) is 0 Å². The number of carbonyl (C=O) groups excluding carboxylic acids is 1. The van der Waals surface area contributed by atoms with Crippen LogP contribution in [0.4, 0.5) is 0 Å². The van der Waals surface area contributed by atoms with Gasteiger partial charge in [-0.15, -0.1) is 11.3 Å². The Balaban J connectivity index is 1.93. The van der Waals surface area contributed by atoms with Gasteiger partial charge < -0.3 is 0 Å². The van der Waals surface area contributed by atoms with Crippen molar-refractivity contribution in [1.29, 1.82) is 0 Å². The van der Waals surface area contributed by atoms with E-state index in [4.69, 9.17) is 0 Å². The van der Waals surface area contributed by atoms with Crippen LogP contribution < -0.4 is 0 Å². The first-order valence-electron chi connectivity index (χ1n) is 5.14. The van der Waals surface area contributed by atoms with Gasteiger partial charge in [0.25, 0.3) is 0 Å². The van der Waals surface area contributed by atoms with E-state index in [-0.39, 0.29) is 5.78 Å². The molecule has 0 bridgehead atoms. The Labute approximate surface area is 99.1 Å². The predicted molar refractivity (Wildman–Crippen MR) is 68.7 cm³/mol. The van der Waals surface area contributed by atoms with Crippen LogP contribution >= 0.6 is 11.3 Å². The smallest absolute Gasteiger partial charge is 0.176 e. The minimum atomic E-state index is 0.183. The second kappa shape index (κ2) is 5.42. The normalized spacial score (nSPS) is 10.8. The summed E-state index contributed by atoms with van der Waals surface area (Å²) in [7, 11) is 0. The average Bonchev–Trinajstić information content (AvgIpc) is 2.84. The zero-order chi connectivity index (χ0) is 11.2. The number of Topliss-reactive ketones (excluding diaryl/α,β-unsaturated/α-hetero) is 1. The Hall–Kier alpha value is -1.67. The maximum absolute atomic E-state index is 11.7. The highest BCUT2D eigenvalue weighted by molar-refractivity contribution is 7.12. The first-order valence-corrected chi connectivity index (χ1v) is 6.02. The molecule has 2 heteroatoms. The molecule has 1 heterocycles. The molecule has 0 amide bonds. The second-order valence-electron chi connectivity index (χ2n) is 3.42. The molecule has 2 rings (SSSR count). The predicted octanol–water partition coefficient (Wildman–Crippen LogP) is 4.03. The number of hydrogen-bond acceptors (Lipinski definition) is 2. The molecule has 1 nitrogen and oxygen atoms in total. The number of carbonyl (C=O) groups is 1. The fourth-order valence-electron chi connectivity index (χ4n) is 1.40. The van der Waals surface area contributed by atoms with Crippen molar-refractivity contribution in [2.45, 2.75) is 6.42 Å². The Morgan fingerprint density at radius 1 is 1.12 bits per heavy atom. The van der Waals surface area contributed by atoms with Gasteiger partial charge in [0.05, 0.1) is 4.88 Å². The lowest BCUT2D eigenvalue weighted by Crippen LogP contribution is -1.92. The summed E-state index contributed by atoms with van der Waals surface area (Å²) in [5.41, 5.74) is 1.13. The minimum Gasteiger partial charge on any atom is -0.293 e. The number of benzene rings is 1. The molecule has 1 aromatic heterocycles. The van der Waals surface area contributed by atoms with Crippen molar-refractivity contribution >= 4 is 23.2 Å². The van der Waals surface area contributed by atoms with Crippen molar-refractivity contribution in [1.82, 2.24) is 0 Å². The molecule has 0 N–H and O–H groups in total. The molecule has 0 aliphatic heterocycles. The summed E-state index contributed by atoms with van der Waals surface area (Å²) >= 11 is 1.49. The molecule has 0 fully saturated rings. The average molecular weight is 228 g/mol. The van der Waals surface area contributed by atoms with Crippen LogP contribution in [-0.4, -0.2) is 5.78 Å².